The Morgan fingerprint density at radius 1 is 1.32 bits per heavy atom. The van der Waals surface area contributed by atoms with Gasteiger partial charge in [-0.2, -0.15) is 0 Å². The van der Waals surface area contributed by atoms with Crippen molar-refractivity contribution in [1.82, 2.24) is 10.2 Å². The monoisotopic (exact) mass is 342 g/mol. The van der Waals surface area contributed by atoms with Crippen molar-refractivity contribution in [1.29, 1.82) is 0 Å². The molecule has 1 aromatic rings. The molecule has 1 fully saturated rings. The fraction of sp³-hybridized carbons (Fsp3) is 0.176. The summed E-state index contributed by atoms with van der Waals surface area (Å²) in [6.07, 6.45) is 2.92. The fourth-order valence-corrected chi connectivity index (χ4v) is 2.36. The molecule has 0 bridgehead atoms. The standard InChI is InChI=1S/C17H17N3O5/c1-3-9-20-15(22)13(14(21)19-17(20)25)12(4-2)18-11-7-5-10(6-8-11)16(23)24/h3-8,13,18H,1,9H2,2H3,(H,23,24)(H,19,21,25)/p-1/b12-4+/t13-/m0/s1. The first kappa shape index (κ1) is 17.9. The van der Waals surface area contributed by atoms with E-state index < -0.39 is 29.7 Å². The minimum Gasteiger partial charge on any atom is -0.545 e. The number of nitrogens with zero attached hydrogens (tertiary/aromatic N) is 1. The smallest absolute Gasteiger partial charge is 0.331 e. The van der Waals surface area contributed by atoms with Crippen LogP contribution in [-0.4, -0.2) is 35.3 Å². The van der Waals surface area contributed by atoms with E-state index in [2.05, 4.69) is 17.2 Å². The van der Waals surface area contributed by atoms with Crippen LogP contribution in [0, 0.1) is 5.92 Å². The highest BCUT2D eigenvalue weighted by molar-refractivity contribution is 6.18. The van der Waals surface area contributed by atoms with Crippen molar-refractivity contribution >= 4 is 29.5 Å². The summed E-state index contributed by atoms with van der Waals surface area (Å²) >= 11 is 0. The molecule has 8 nitrogen and oxygen atoms in total. The Morgan fingerprint density at radius 2 is 1.96 bits per heavy atom. The molecule has 0 spiro atoms. The fourth-order valence-electron chi connectivity index (χ4n) is 2.36. The van der Waals surface area contributed by atoms with Crippen molar-refractivity contribution in [3.8, 4) is 0 Å². The number of barbiturate groups is 1. The number of carboxylic acids is 1. The Kier molecular flexibility index (Phi) is 5.33. The van der Waals surface area contributed by atoms with Gasteiger partial charge in [-0.1, -0.05) is 24.3 Å². The molecular weight excluding hydrogens is 326 g/mol. The second-order valence-corrected chi connectivity index (χ2v) is 5.20. The number of allylic oxidation sites excluding steroid dienone is 1. The molecule has 1 atom stereocenters. The predicted molar refractivity (Wildman–Crippen MR) is 87.1 cm³/mol. The molecular formula is C17H16N3O5-. The number of carbonyl (C=O) groups is 4. The number of hydrogen-bond donors (Lipinski definition) is 2. The molecule has 1 aromatic carbocycles. The molecule has 1 aliphatic rings. The lowest BCUT2D eigenvalue weighted by molar-refractivity contribution is -0.255. The number of nitrogens with one attached hydrogen (secondary N) is 2. The maximum Gasteiger partial charge on any atom is 0.331 e. The largest absolute Gasteiger partial charge is 0.545 e. The van der Waals surface area contributed by atoms with Crippen molar-refractivity contribution < 1.29 is 24.3 Å². The van der Waals surface area contributed by atoms with E-state index >= 15 is 0 Å². The summed E-state index contributed by atoms with van der Waals surface area (Å²) in [6.45, 7) is 5.09. The van der Waals surface area contributed by atoms with Gasteiger partial charge in [0.15, 0.2) is 5.92 Å². The van der Waals surface area contributed by atoms with Crippen LogP contribution < -0.4 is 15.7 Å². The summed E-state index contributed by atoms with van der Waals surface area (Å²) in [4.78, 5) is 48.0. The number of amides is 4. The minimum atomic E-state index is -1.31. The van der Waals surface area contributed by atoms with Gasteiger partial charge in [0.05, 0.1) is 5.97 Å². The molecule has 2 rings (SSSR count). The van der Waals surface area contributed by atoms with Crippen LogP contribution in [0.1, 0.15) is 17.3 Å². The zero-order valence-electron chi connectivity index (χ0n) is 13.4. The second-order valence-electron chi connectivity index (χ2n) is 5.20. The summed E-state index contributed by atoms with van der Waals surface area (Å²) in [6, 6.07) is 4.83. The first-order valence-corrected chi connectivity index (χ1v) is 7.40. The maximum absolute atomic E-state index is 12.5. The van der Waals surface area contributed by atoms with Crippen molar-refractivity contribution in [2.24, 2.45) is 5.92 Å². The molecule has 0 radical (unpaired) electrons. The number of hydrogen-bond acceptors (Lipinski definition) is 6. The molecule has 1 aliphatic heterocycles. The highest BCUT2D eigenvalue weighted by Gasteiger charge is 2.41. The number of benzene rings is 1. The van der Waals surface area contributed by atoms with Gasteiger partial charge >= 0.3 is 6.03 Å². The van der Waals surface area contributed by atoms with Crippen molar-refractivity contribution in [3.05, 3.63) is 54.3 Å². The SMILES string of the molecule is C=CCN1C(=O)NC(=O)[C@H](/C(=C\C)Nc2ccc(C(=O)[O-])cc2)C1=O. The van der Waals surface area contributed by atoms with E-state index in [1.54, 1.807) is 6.92 Å². The normalized spacial score (nSPS) is 18.0. The number of aromatic carboxylic acids is 1. The number of anilines is 1. The van der Waals surface area contributed by atoms with E-state index in [4.69, 9.17) is 0 Å². The second kappa shape index (κ2) is 7.43. The predicted octanol–water partition coefficient (Wildman–Crippen LogP) is 0.246. The minimum absolute atomic E-state index is 0.00168. The molecule has 0 unspecified atom stereocenters. The average molecular weight is 342 g/mol. The zero-order valence-corrected chi connectivity index (χ0v) is 13.4. The lowest BCUT2D eigenvalue weighted by Crippen LogP contribution is -2.58. The Hall–Kier alpha value is -3.42. The van der Waals surface area contributed by atoms with Crippen LogP contribution in [-0.2, 0) is 9.59 Å². The Labute approximate surface area is 143 Å². The Bertz CT molecular complexity index is 767. The highest BCUT2D eigenvalue weighted by atomic mass is 16.4. The lowest BCUT2D eigenvalue weighted by atomic mass is 9.99. The van der Waals surface area contributed by atoms with Crippen molar-refractivity contribution in [3.63, 3.8) is 0 Å². The number of carbonyl (C=O) groups excluding carboxylic acids is 4. The number of carboxylic acid groups (broad SMARTS) is 1. The van der Waals surface area contributed by atoms with Gasteiger partial charge in [-0.05, 0) is 24.6 Å². The first-order chi connectivity index (χ1) is 11.9. The molecule has 1 heterocycles. The van der Waals surface area contributed by atoms with Gasteiger partial charge in [0.1, 0.15) is 0 Å². The first-order valence-electron chi connectivity index (χ1n) is 7.40. The topological polar surface area (TPSA) is 119 Å². The molecule has 1 saturated heterocycles. The van der Waals surface area contributed by atoms with Crippen LogP contribution in [0.15, 0.2) is 48.7 Å². The van der Waals surface area contributed by atoms with E-state index in [1.807, 2.05) is 0 Å². The van der Waals surface area contributed by atoms with Crippen LogP contribution >= 0.6 is 0 Å². The lowest BCUT2D eigenvalue weighted by Gasteiger charge is -2.31. The third-order valence-electron chi connectivity index (χ3n) is 3.59. The molecule has 0 aromatic heterocycles. The zero-order chi connectivity index (χ0) is 18.6. The number of imide groups is 2. The average Bonchev–Trinajstić information content (AvgIpc) is 2.57. The van der Waals surface area contributed by atoms with Gasteiger partial charge in [0.2, 0.25) is 11.8 Å². The molecule has 0 aliphatic carbocycles. The van der Waals surface area contributed by atoms with Crippen molar-refractivity contribution in [2.75, 3.05) is 11.9 Å². The number of urea groups is 1. The van der Waals surface area contributed by atoms with Crippen LogP contribution in [0.2, 0.25) is 0 Å². The molecule has 130 valence electrons. The van der Waals surface area contributed by atoms with E-state index in [0.29, 0.717) is 5.69 Å². The quantitative estimate of drug-likeness (QED) is 0.565. The Morgan fingerprint density at radius 3 is 2.48 bits per heavy atom. The Balaban J connectivity index is 2.25. The van der Waals surface area contributed by atoms with Crippen LogP contribution in [0.4, 0.5) is 10.5 Å². The molecule has 25 heavy (non-hydrogen) atoms. The third kappa shape index (κ3) is 3.74. The third-order valence-corrected chi connectivity index (χ3v) is 3.59. The van der Waals surface area contributed by atoms with E-state index in [9.17, 15) is 24.3 Å². The summed E-state index contributed by atoms with van der Waals surface area (Å²) in [7, 11) is 0. The van der Waals surface area contributed by atoms with Gasteiger partial charge in [0.25, 0.3) is 0 Å². The van der Waals surface area contributed by atoms with E-state index in [1.165, 1.54) is 36.4 Å². The van der Waals surface area contributed by atoms with Crippen LogP contribution in [0.25, 0.3) is 0 Å². The van der Waals surface area contributed by atoms with Gasteiger partial charge in [0, 0.05) is 17.9 Å². The van der Waals surface area contributed by atoms with Crippen molar-refractivity contribution in [2.45, 2.75) is 6.92 Å². The molecule has 8 heteroatoms. The molecule has 2 N–H and O–H groups in total. The number of rotatable bonds is 6. The summed E-state index contributed by atoms with van der Waals surface area (Å²) in [5, 5.41) is 15.8. The molecule has 4 amide bonds. The molecule has 0 saturated carbocycles. The summed E-state index contributed by atoms with van der Waals surface area (Å²) in [5.41, 5.74) is 0.748. The summed E-state index contributed by atoms with van der Waals surface area (Å²) < 4.78 is 0. The van der Waals surface area contributed by atoms with E-state index in [0.717, 1.165) is 4.90 Å². The van der Waals surface area contributed by atoms with Crippen LogP contribution in [0.3, 0.4) is 0 Å². The van der Waals surface area contributed by atoms with Gasteiger partial charge < -0.3 is 15.2 Å². The van der Waals surface area contributed by atoms with Gasteiger partial charge in [-0.15, -0.1) is 6.58 Å². The van der Waals surface area contributed by atoms with Gasteiger partial charge in [-0.3, -0.25) is 19.8 Å². The van der Waals surface area contributed by atoms with Gasteiger partial charge in [-0.25, -0.2) is 4.79 Å². The maximum atomic E-state index is 12.5. The summed E-state index contributed by atoms with van der Waals surface area (Å²) in [5.74, 6) is -3.93. The highest BCUT2D eigenvalue weighted by Crippen LogP contribution is 2.22. The van der Waals surface area contributed by atoms with E-state index in [-0.39, 0.29) is 17.8 Å². The van der Waals surface area contributed by atoms with Crippen LogP contribution in [0.5, 0.6) is 0 Å².